The molecule has 2 N–H and O–H groups in total. The average Bonchev–Trinajstić information content (AvgIpc) is 3.56. The van der Waals surface area contributed by atoms with Crippen LogP contribution in [-0.4, -0.2) is 62.3 Å². The van der Waals surface area contributed by atoms with Gasteiger partial charge >= 0.3 is 6.18 Å². The number of pyridine rings is 1. The van der Waals surface area contributed by atoms with Gasteiger partial charge < -0.3 is 15.4 Å². The summed E-state index contributed by atoms with van der Waals surface area (Å²) in [6, 6.07) is 7.11. The molecule has 0 aliphatic heterocycles. The molecule has 2 aromatic heterocycles. The lowest BCUT2D eigenvalue weighted by Gasteiger charge is -2.15. The number of alkyl halides is 3. The van der Waals surface area contributed by atoms with Crippen LogP contribution in [0.15, 0.2) is 36.5 Å². The molecule has 1 atom stereocenters. The number of benzene rings is 1. The fraction of sp³-hybridized carbons (Fsp3) is 0.391. The van der Waals surface area contributed by atoms with E-state index in [1.165, 1.54) is 13.2 Å². The maximum Gasteiger partial charge on any atom is 0.433 e. The van der Waals surface area contributed by atoms with Gasteiger partial charge in [0.25, 0.3) is 0 Å². The van der Waals surface area contributed by atoms with Crippen LogP contribution in [0.25, 0.3) is 21.3 Å². The quantitative estimate of drug-likeness (QED) is 0.393. The highest BCUT2D eigenvalue weighted by atomic mass is 32.2. The van der Waals surface area contributed by atoms with Crippen molar-refractivity contribution in [3.05, 3.63) is 47.2 Å². The lowest BCUT2D eigenvalue weighted by Crippen LogP contribution is -2.41. The van der Waals surface area contributed by atoms with Crippen molar-refractivity contribution in [1.82, 2.24) is 20.6 Å². The van der Waals surface area contributed by atoms with Crippen molar-refractivity contribution in [2.75, 3.05) is 26.0 Å². The summed E-state index contributed by atoms with van der Waals surface area (Å²) in [5, 5.41) is 3.45. The molecule has 37 heavy (non-hydrogen) atoms. The van der Waals surface area contributed by atoms with E-state index in [4.69, 9.17) is 4.74 Å². The van der Waals surface area contributed by atoms with Crippen molar-refractivity contribution in [2.24, 2.45) is 0 Å². The first-order chi connectivity index (χ1) is 17.5. The molecule has 1 aromatic carbocycles. The highest BCUT2D eigenvalue weighted by Crippen LogP contribution is 2.34. The van der Waals surface area contributed by atoms with Gasteiger partial charge in [0.1, 0.15) is 10.7 Å². The highest BCUT2D eigenvalue weighted by molar-refractivity contribution is 7.92. The van der Waals surface area contributed by atoms with Gasteiger partial charge in [-0.1, -0.05) is 12.1 Å². The number of carbonyl (C=O) groups is 2. The Morgan fingerprint density at radius 2 is 1.92 bits per heavy atom. The molecule has 1 aliphatic rings. The Bertz CT molecular complexity index is 1400. The molecule has 4 rings (SSSR count). The number of thiazole rings is 1. The standard InChI is InChI=1S/C23H23F3N4O5S2/c1-35-8-9-37(33,34)20(21(32)28-12-19(31)29-15-4-5-15)22-30-16-10-13(2-6-17(16)36-22)14-3-7-18(27-11-14)23(24,25)26/h2-3,6-7,10-11,15,20H,4-5,8-9,12H2,1H3,(H,28,32)(H,29,31). The molecule has 1 aliphatic carbocycles. The van der Waals surface area contributed by atoms with Crippen LogP contribution in [0.5, 0.6) is 0 Å². The van der Waals surface area contributed by atoms with E-state index in [1.54, 1.807) is 18.2 Å². The van der Waals surface area contributed by atoms with Crippen LogP contribution in [0, 0.1) is 0 Å². The normalized spacial score (nSPS) is 14.9. The van der Waals surface area contributed by atoms with Crippen LogP contribution in [-0.2, 0) is 30.3 Å². The summed E-state index contributed by atoms with van der Waals surface area (Å²) >= 11 is 1.00. The number of carbonyl (C=O) groups excluding carboxylic acids is 2. The number of halogens is 3. The molecule has 1 fully saturated rings. The van der Waals surface area contributed by atoms with Crippen molar-refractivity contribution in [3.63, 3.8) is 0 Å². The number of hydrogen-bond donors (Lipinski definition) is 2. The number of sulfone groups is 1. The van der Waals surface area contributed by atoms with Crippen LogP contribution in [0.1, 0.15) is 28.8 Å². The van der Waals surface area contributed by atoms with Crippen molar-refractivity contribution in [1.29, 1.82) is 0 Å². The SMILES string of the molecule is COCCS(=O)(=O)C(C(=O)NCC(=O)NC1CC1)c1nc2cc(-c3ccc(C(F)(F)F)nc3)ccc2s1. The molecule has 3 aromatic rings. The summed E-state index contributed by atoms with van der Waals surface area (Å²) in [6.07, 6.45) is -1.74. The summed E-state index contributed by atoms with van der Waals surface area (Å²) in [4.78, 5) is 32.8. The topological polar surface area (TPSA) is 127 Å². The minimum atomic E-state index is -4.56. The Morgan fingerprint density at radius 3 is 2.54 bits per heavy atom. The minimum absolute atomic E-state index is 0.00824. The van der Waals surface area contributed by atoms with Gasteiger partial charge in [-0.15, -0.1) is 11.3 Å². The van der Waals surface area contributed by atoms with Crippen LogP contribution in [0.3, 0.4) is 0 Å². The number of ether oxygens (including phenoxy) is 1. The van der Waals surface area contributed by atoms with Crippen LogP contribution >= 0.6 is 11.3 Å². The predicted octanol–water partition coefficient (Wildman–Crippen LogP) is 2.87. The molecule has 2 amide bonds. The van der Waals surface area contributed by atoms with E-state index >= 15 is 0 Å². The summed E-state index contributed by atoms with van der Waals surface area (Å²) in [5.74, 6) is -1.73. The Kier molecular flexibility index (Phi) is 7.80. The molecule has 14 heteroatoms. The van der Waals surface area contributed by atoms with Crippen molar-refractivity contribution < 1.29 is 35.9 Å². The highest BCUT2D eigenvalue weighted by Gasteiger charge is 2.37. The van der Waals surface area contributed by atoms with Gasteiger partial charge in [0.15, 0.2) is 15.1 Å². The first-order valence-corrected chi connectivity index (χ1v) is 13.7. The zero-order valence-electron chi connectivity index (χ0n) is 19.5. The summed E-state index contributed by atoms with van der Waals surface area (Å²) < 4.78 is 70.1. The van der Waals surface area contributed by atoms with Gasteiger partial charge in [0.2, 0.25) is 11.8 Å². The third-order valence-electron chi connectivity index (χ3n) is 5.55. The van der Waals surface area contributed by atoms with Gasteiger partial charge in [-0.05, 0) is 36.6 Å². The molecule has 1 unspecified atom stereocenters. The van der Waals surface area contributed by atoms with E-state index in [9.17, 15) is 31.2 Å². The Hall–Kier alpha value is -3.10. The molecular weight excluding hydrogens is 533 g/mol. The Labute approximate surface area is 214 Å². The van der Waals surface area contributed by atoms with E-state index < -0.39 is 44.5 Å². The second-order valence-electron chi connectivity index (χ2n) is 8.46. The van der Waals surface area contributed by atoms with Crippen LogP contribution in [0.4, 0.5) is 13.2 Å². The Morgan fingerprint density at radius 1 is 1.19 bits per heavy atom. The molecule has 2 heterocycles. The number of nitrogens with zero attached hydrogens (tertiary/aromatic N) is 2. The molecule has 0 spiro atoms. The number of methoxy groups -OCH3 is 1. The lowest BCUT2D eigenvalue weighted by molar-refractivity contribution is -0.141. The van der Waals surface area contributed by atoms with E-state index in [-0.39, 0.29) is 24.2 Å². The van der Waals surface area contributed by atoms with Crippen LogP contribution < -0.4 is 10.6 Å². The average molecular weight is 557 g/mol. The minimum Gasteiger partial charge on any atom is -0.384 e. The number of hydrogen-bond acceptors (Lipinski definition) is 8. The number of fused-ring (bicyclic) bond motifs is 1. The zero-order chi connectivity index (χ0) is 26.8. The number of rotatable bonds is 10. The summed E-state index contributed by atoms with van der Waals surface area (Å²) in [5.41, 5.74) is 0.275. The van der Waals surface area contributed by atoms with E-state index in [1.807, 2.05) is 0 Å². The third-order valence-corrected chi connectivity index (χ3v) is 8.69. The van der Waals surface area contributed by atoms with E-state index in [0.29, 0.717) is 21.3 Å². The van der Waals surface area contributed by atoms with E-state index in [0.717, 1.165) is 36.4 Å². The maximum absolute atomic E-state index is 13.1. The second-order valence-corrected chi connectivity index (χ2v) is 11.7. The van der Waals surface area contributed by atoms with Crippen molar-refractivity contribution in [2.45, 2.75) is 30.3 Å². The Balaban J connectivity index is 1.61. The van der Waals surface area contributed by atoms with Gasteiger partial charge in [0.05, 0.1) is 29.1 Å². The smallest absolute Gasteiger partial charge is 0.384 e. The fourth-order valence-corrected chi connectivity index (χ4v) is 6.40. The molecular formula is C23H23F3N4O5S2. The first-order valence-electron chi connectivity index (χ1n) is 11.2. The summed E-state index contributed by atoms with van der Waals surface area (Å²) in [6.45, 7) is -0.508. The van der Waals surface area contributed by atoms with Gasteiger partial charge in [-0.3, -0.25) is 14.6 Å². The summed E-state index contributed by atoms with van der Waals surface area (Å²) in [7, 11) is -2.73. The molecule has 0 radical (unpaired) electrons. The zero-order valence-corrected chi connectivity index (χ0v) is 21.2. The van der Waals surface area contributed by atoms with Gasteiger partial charge in [-0.2, -0.15) is 13.2 Å². The molecule has 0 saturated heterocycles. The monoisotopic (exact) mass is 556 g/mol. The maximum atomic E-state index is 13.1. The van der Waals surface area contributed by atoms with Gasteiger partial charge in [-0.25, -0.2) is 13.4 Å². The number of aromatic nitrogens is 2. The second kappa shape index (κ2) is 10.7. The number of amides is 2. The number of nitrogens with one attached hydrogen (secondary N) is 2. The van der Waals surface area contributed by atoms with Crippen molar-refractivity contribution >= 4 is 43.2 Å². The van der Waals surface area contributed by atoms with Gasteiger partial charge in [0, 0.05) is 24.9 Å². The first kappa shape index (κ1) is 26.9. The molecule has 198 valence electrons. The van der Waals surface area contributed by atoms with Crippen molar-refractivity contribution in [3.8, 4) is 11.1 Å². The van der Waals surface area contributed by atoms with Crippen LogP contribution in [0.2, 0.25) is 0 Å². The predicted molar refractivity (Wildman–Crippen MR) is 130 cm³/mol. The van der Waals surface area contributed by atoms with E-state index in [2.05, 4.69) is 20.6 Å². The third kappa shape index (κ3) is 6.62. The lowest BCUT2D eigenvalue weighted by atomic mass is 10.1. The molecule has 0 bridgehead atoms. The molecule has 9 nitrogen and oxygen atoms in total. The molecule has 1 saturated carbocycles. The fourth-order valence-electron chi connectivity index (χ4n) is 3.48. The largest absolute Gasteiger partial charge is 0.433 e.